The van der Waals surface area contributed by atoms with Gasteiger partial charge in [0.25, 0.3) is 0 Å². The van der Waals surface area contributed by atoms with Crippen LogP contribution in [0.15, 0.2) is 47.4 Å². The third-order valence-electron chi connectivity index (χ3n) is 4.32. The number of anilines is 1. The lowest BCUT2D eigenvalue weighted by atomic mass is 10.2. The zero-order chi connectivity index (χ0) is 22.7. The van der Waals surface area contributed by atoms with Crippen LogP contribution in [0.4, 0.5) is 5.69 Å². The summed E-state index contributed by atoms with van der Waals surface area (Å²) in [5, 5.41) is 3.13. The summed E-state index contributed by atoms with van der Waals surface area (Å²) in [5.74, 6) is -0.586. The molecule has 0 spiro atoms. The zero-order valence-electron chi connectivity index (χ0n) is 17.1. The molecule has 2 aromatic rings. The molecule has 0 unspecified atom stereocenters. The fraction of sp³-hybridized carbons (Fsp3) is 0.316. The largest absolute Gasteiger partial charge is 0.325 e. The summed E-state index contributed by atoms with van der Waals surface area (Å²) in [6.07, 6.45) is 1.02. The van der Waals surface area contributed by atoms with Crippen LogP contribution in [0.3, 0.4) is 0 Å². The Kier molecular flexibility index (Phi) is 7.64. The highest BCUT2D eigenvalue weighted by Crippen LogP contribution is 2.22. The number of rotatable bonds is 8. The second-order valence-electron chi connectivity index (χ2n) is 6.97. The third kappa shape index (κ3) is 6.26. The van der Waals surface area contributed by atoms with Crippen LogP contribution in [-0.4, -0.2) is 58.2 Å². The van der Waals surface area contributed by atoms with Crippen LogP contribution in [0.25, 0.3) is 0 Å². The average Bonchev–Trinajstić information content (AvgIpc) is 2.63. The first-order chi connectivity index (χ1) is 13.8. The Hall–Kier alpha value is -1.98. The van der Waals surface area contributed by atoms with Gasteiger partial charge in [-0.15, -0.1) is 0 Å². The molecule has 11 heteroatoms. The Morgan fingerprint density at radius 1 is 1.03 bits per heavy atom. The summed E-state index contributed by atoms with van der Waals surface area (Å²) in [5.41, 5.74) is 1.61. The molecule has 0 aromatic heterocycles. The van der Waals surface area contributed by atoms with Crippen molar-refractivity contribution in [1.82, 2.24) is 8.61 Å². The van der Waals surface area contributed by atoms with Gasteiger partial charge in [-0.3, -0.25) is 4.79 Å². The summed E-state index contributed by atoms with van der Waals surface area (Å²) < 4.78 is 51.1. The Morgan fingerprint density at radius 2 is 1.63 bits per heavy atom. The van der Waals surface area contributed by atoms with Gasteiger partial charge in [0.15, 0.2) is 0 Å². The molecular formula is C19H24ClN3O5S2. The third-order valence-corrected chi connectivity index (χ3v) is 7.58. The molecule has 0 saturated heterocycles. The SMILES string of the molecule is Cc1ccc(S(=O)(=O)N(C)C)cc1NC(=O)CN(Cc1ccc(Cl)cc1)S(C)(=O)=O. The van der Waals surface area contributed by atoms with E-state index in [9.17, 15) is 21.6 Å². The van der Waals surface area contributed by atoms with E-state index >= 15 is 0 Å². The molecule has 0 atom stereocenters. The second kappa shape index (κ2) is 9.44. The average molecular weight is 474 g/mol. The van der Waals surface area contributed by atoms with Crippen LogP contribution in [0.5, 0.6) is 0 Å². The highest BCUT2D eigenvalue weighted by Gasteiger charge is 2.22. The Morgan fingerprint density at radius 3 is 2.17 bits per heavy atom. The van der Waals surface area contributed by atoms with Gasteiger partial charge in [-0.1, -0.05) is 29.8 Å². The number of nitrogens with one attached hydrogen (secondary N) is 1. The van der Waals surface area contributed by atoms with Gasteiger partial charge in [-0.25, -0.2) is 21.1 Å². The van der Waals surface area contributed by atoms with Crippen LogP contribution in [-0.2, 0) is 31.4 Å². The molecular weight excluding hydrogens is 450 g/mol. The van der Waals surface area contributed by atoms with Crippen molar-refractivity contribution in [2.75, 3.05) is 32.2 Å². The van der Waals surface area contributed by atoms with E-state index in [1.54, 1.807) is 37.3 Å². The fourth-order valence-electron chi connectivity index (χ4n) is 2.54. The van der Waals surface area contributed by atoms with E-state index in [1.165, 1.54) is 26.2 Å². The fourth-order valence-corrected chi connectivity index (χ4v) is 4.33. The molecule has 2 rings (SSSR count). The number of hydrogen-bond acceptors (Lipinski definition) is 5. The predicted molar refractivity (Wildman–Crippen MR) is 117 cm³/mol. The molecule has 1 N–H and O–H groups in total. The molecule has 0 bridgehead atoms. The van der Waals surface area contributed by atoms with Gasteiger partial charge >= 0.3 is 0 Å². The first kappa shape index (κ1) is 24.3. The standard InChI is InChI=1S/C19H24ClN3O5S2/c1-14-5-10-17(30(27,28)22(2)3)11-18(14)21-19(24)13-23(29(4,25)26)12-15-6-8-16(20)9-7-15/h5-11H,12-13H2,1-4H3,(H,21,24). The van der Waals surface area contributed by atoms with E-state index in [-0.39, 0.29) is 11.4 Å². The Balaban J connectivity index is 2.22. The second-order valence-corrected chi connectivity index (χ2v) is 11.5. The summed E-state index contributed by atoms with van der Waals surface area (Å²) in [6.45, 7) is 1.28. The van der Waals surface area contributed by atoms with Crippen molar-refractivity contribution in [2.24, 2.45) is 0 Å². The number of amides is 1. The lowest BCUT2D eigenvalue weighted by Gasteiger charge is -2.20. The van der Waals surface area contributed by atoms with E-state index < -0.39 is 32.5 Å². The minimum absolute atomic E-state index is 0.00253. The van der Waals surface area contributed by atoms with Gasteiger partial charge in [0.1, 0.15) is 0 Å². The lowest BCUT2D eigenvalue weighted by Crippen LogP contribution is -2.37. The van der Waals surface area contributed by atoms with Crippen LogP contribution >= 0.6 is 11.6 Å². The Labute approximate surface area is 182 Å². The first-order valence-electron chi connectivity index (χ1n) is 8.83. The number of halogens is 1. The number of aryl methyl sites for hydroxylation is 1. The van der Waals surface area contributed by atoms with Gasteiger partial charge in [0.2, 0.25) is 26.0 Å². The first-order valence-corrected chi connectivity index (χ1v) is 12.5. The molecule has 2 aromatic carbocycles. The van der Waals surface area contributed by atoms with E-state index in [4.69, 9.17) is 11.6 Å². The molecule has 30 heavy (non-hydrogen) atoms. The van der Waals surface area contributed by atoms with Gasteiger partial charge in [0, 0.05) is 31.4 Å². The summed E-state index contributed by atoms with van der Waals surface area (Å²) in [6, 6.07) is 11.0. The molecule has 0 aliphatic heterocycles. The van der Waals surface area contributed by atoms with Crippen molar-refractivity contribution >= 4 is 43.2 Å². The summed E-state index contributed by atoms with van der Waals surface area (Å²) in [4.78, 5) is 12.6. The van der Waals surface area contributed by atoms with Crippen molar-refractivity contribution in [3.63, 3.8) is 0 Å². The van der Waals surface area contributed by atoms with E-state index in [0.29, 0.717) is 21.8 Å². The lowest BCUT2D eigenvalue weighted by molar-refractivity contribution is -0.116. The molecule has 0 aliphatic carbocycles. The molecule has 0 radical (unpaired) electrons. The van der Waals surface area contributed by atoms with Crippen molar-refractivity contribution in [3.05, 3.63) is 58.6 Å². The number of carbonyl (C=O) groups is 1. The molecule has 0 saturated carbocycles. The molecule has 164 valence electrons. The van der Waals surface area contributed by atoms with E-state index in [2.05, 4.69) is 5.32 Å². The quantitative estimate of drug-likeness (QED) is 0.633. The Bertz CT molecular complexity index is 1130. The van der Waals surface area contributed by atoms with Gasteiger partial charge in [-0.2, -0.15) is 4.31 Å². The van der Waals surface area contributed by atoms with Crippen molar-refractivity contribution < 1.29 is 21.6 Å². The highest BCUT2D eigenvalue weighted by molar-refractivity contribution is 7.89. The van der Waals surface area contributed by atoms with E-state index in [1.807, 2.05) is 0 Å². The molecule has 0 fully saturated rings. The summed E-state index contributed by atoms with van der Waals surface area (Å²) >= 11 is 5.85. The maximum absolute atomic E-state index is 12.6. The van der Waals surface area contributed by atoms with Crippen molar-refractivity contribution in [3.8, 4) is 0 Å². The number of sulfonamides is 2. The number of nitrogens with zero attached hydrogens (tertiary/aromatic N) is 2. The van der Waals surface area contributed by atoms with Crippen LogP contribution in [0.2, 0.25) is 5.02 Å². The number of carbonyl (C=O) groups excluding carboxylic acids is 1. The highest BCUT2D eigenvalue weighted by atomic mass is 35.5. The molecule has 8 nitrogen and oxygen atoms in total. The minimum Gasteiger partial charge on any atom is -0.325 e. The van der Waals surface area contributed by atoms with Crippen LogP contribution in [0.1, 0.15) is 11.1 Å². The number of benzene rings is 2. The van der Waals surface area contributed by atoms with Gasteiger partial charge < -0.3 is 5.32 Å². The summed E-state index contributed by atoms with van der Waals surface area (Å²) in [7, 11) is -4.53. The molecule has 0 aliphatic rings. The van der Waals surface area contributed by atoms with Gasteiger partial charge in [-0.05, 0) is 42.3 Å². The minimum atomic E-state index is -3.68. The monoisotopic (exact) mass is 473 g/mol. The van der Waals surface area contributed by atoms with Crippen LogP contribution < -0.4 is 5.32 Å². The van der Waals surface area contributed by atoms with Gasteiger partial charge in [0.05, 0.1) is 17.7 Å². The smallest absolute Gasteiger partial charge is 0.242 e. The topological polar surface area (TPSA) is 104 Å². The maximum atomic E-state index is 12.6. The van der Waals surface area contributed by atoms with E-state index in [0.717, 1.165) is 14.9 Å². The maximum Gasteiger partial charge on any atom is 0.242 e. The van der Waals surface area contributed by atoms with Crippen molar-refractivity contribution in [1.29, 1.82) is 0 Å². The predicted octanol–water partition coefficient (Wildman–Crippen LogP) is 2.30. The normalized spacial score (nSPS) is 12.4. The number of hydrogen-bond donors (Lipinski definition) is 1. The molecule has 0 heterocycles. The zero-order valence-corrected chi connectivity index (χ0v) is 19.5. The molecule has 1 amide bonds. The van der Waals surface area contributed by atoms with Crippen molar-refractivity contribution in [2.45, 2.75) is 18.4 Å². The van der Waals surface area contributed by atoms with Crippen LogP contribution in [0, 0.1) is 6.92 Å².